The topological polar surface area (TPSA) is 67.4 Å². The van der Waals surface area contributed by atoms with Crippen molar-refractivity contribution in [1.29, 1.82) is 0 Å². The largest absolute Gasteiger partial charge is 0.494 e. The third-order valence-corrected chi connectivity index (χ3v) is 4.12. The molecule has 3 aromatic carbocycles. The van der Waals surface area contributed by atoms with E-state index in [1.54, 1.807) is 48.5 Å². The Bertz CT molecular complexity index is 955. The van der Waals surface area contributed by atoms with Crippen molar-refractivity contribution in [2.45, 2.75) is 13.5 Å². The molecule has 2 amide bonds. The molecule has 28 heavy (non-hydrogen) atoms. The van der Waals surface area contributed by atoms with Crippen LogP contribution in [0.15, 0.2) is 78.9 Å². The second-order valence-electron chi connectivity index (χ2n) is 6.13. The van der Waals surface area contributed by atoms with E-state index in [1.165, 1.54) is 0 Å². The number of benzene rings is 3. The molecular formula is C23H22N2O3. The van der Waals surface area contributed by atoms with Crippen LogP contribution in [0.5, 0.6) is 5.75 Å². The van der Waals surface area contributed by atoms with E-state index in [4.69, 9.17) is 4.74 Å². The summed E-state index contributed by atoms with van der Waals surface area (Å²) in [6.45, 7) is 2.82. The predicted octanol–water partition coefficient (Wildman–Crippen LogP) is 4.27. The fraction of sp³-hybridized carbons (Fsp3) is 0.130. The first kappa shape index (κ1) is 19.2. The maximum absolute atomic E-state index is 12.6. The van der Waals surface area contributed by atoms with Crippen LogP contribution in [-0.2, 0) is 6.54 Å². The highest BCUT2D eigenvalue weighted by Gasteiger charge is 2.14. The van der Waals surface area contributed by atoms with Gasteiger partial charge in [-0.1, -0.05) is 48.5 Å². The number of ether oxygens (including phenoxy) is 1. The van der Waals surface area contributed by atoms with Crippen molar-refractivity contribution < 1.29 is 14.3 Å². The minimum absolute atomic E-state index is 0.247. The number of hydrogen-bond donors (Lipinski definition) is 2. The number of anilines is 1. The minimum Gasteiger partial charge on any atom is -0.494 e. The highest BCUT2D eigenvalue weighted by atomic mass is 16.5. The van der Waals surface area contributed by atoms with Crippen LogP contribution in [0.3, 0.4) is 0 Å². The van der Waals surface area contributed by atoms with Crippen LogP contribution < -0.4 is 15.4 Å². The second-order valence-corrected chi connectivity index (χ2v) is 6.13. The molecule has 0 fully saturated rings. The fourth-order valence-electron chi connectivity index (χ4n) is 2.75. The van der Waals surface area contributed by atoms with Crippen LogP contribution in [0.4, 0.5) is 5.69 Å². The van der Waals surface area contributed by atoms with Gasteiger partial charge in [0.15, 0.2) is 0 Å². The van der Waals surface area contributed by atoms with E-state index in [1.807, 2.05) is 37.3 Å². The minimum atomic E-state index is -0.301. The van der Waals surface area contributed by atoms with Crippen molar-refractivity contribution in [3.63, 3.8) is 0 Å². The molecular weight excluding hydrogens is 352 g/mol. The molecule has 0 aliphatic heterocycles. The van der Waals surface area contributed by atoms with Crippen molar-refractivity contribution in [2.24, 2.45) is 0 Å². The molecule has 0 spiro atoms. The molecule has 0 atom stereocenters. The number of carbonyl (C=O) groups is 2. The van der Waals surface area contributed by atoms with Gasteiger partial charge < -0.3 is 15.4 Å². The van der Waals surface area contributed by atoms with Gasteiger partial charge in [0.2, 0.25) is 0 Å². The van der Waals surface area contributed by atoms with E-state index in [0.29, 0.717) is 35.7 Å². The maximum Gasteiger partial charge on any atom is 0.255 e. The van der Waals surface area contributed by atoms with Crippen molar-refractivity contribution in [2.75, 3.05) is 11.9 Å². The molecule has 0 saturated heterocycles. The van der Waals surface area contributed by atoms with Gasteiger partial charge in [0.1, 0.15) is 5.75 Å². The number of carbonyl (C=O) groups excluding carboxylic acids is 2. The van der Waals surface area contributed by atoms with Gasteiger partial charge in [0.05, 0.1) is 17.9 Å². The summed E-state index contributed by atoms with van der Waals surface area (Å²) in [4.78, 5) is 25.2. The lowest BCUT2D eigenvalue weighted by atomic mass is 10.1. The molecule has 5 heteroatoms. The first-order valence-electron chi connectivity index (χ1n) is 9.12. The first-order chi connectivity index (χ1) is 13.7. The molecule has 0 heterocycles. The Balaban J connectivity index is 1.72. The van der Waals surface area contributed by atoms with Crippen LogP contribution in [0, 0.1) is 0 Å². The molecule has 2 N–H and O–H groups in total. The number of rotatable bonds is 7. The molecule has 0 aromatic heterocycles. The molecule has 3 aromatic rings. The Morgan fingerprint density at radius 3 is 2.39 bits per heavy atom. The lowest BCUT2D eigenvalue weighted by Crippen LogP contribution is -2.24. The van der Waals surface area contributed by atoms with Crippen LogP contribution in [0.1, 0.15) is 33.2 Å². The van der Waals surface area contributed by atoms with E-state index in [9.17, 15) is 9.59 Å². The molecule has 142 valence electrons. The summed E-state index contributed by atoms with van der Waals surface area (Å²) >= 11 is 0. The highest BCUT2D eigenvalue weighted by molar-refractivity contribution is 6.09. The summed E-state index contributed by atoms with van der Waals surface area (Å²) in [6.07, 6.45) is 0. The number of nitrogens with one attached hydrogen (secondary N) is 2. The Hall–Kier alpha value is -3.60. The number of para-hydroxylation sites is 1. The molecule has 0 bridgehead atoms. The Morgan fingerprint density at radius 1 is 0.857 bits per heavy atom. The Kier molecular flexibility index (Phi) is 6.41. The van der Waals surface area contributed by atoms with E-state index in [0.717, 1.165) is 5.56 Å². The van der Waals surface area contributed by atoms with E-state index >= 15 is 0 Å². The quantitative estimate of drug-likeness (QED) is 0.649. The lowest BCUT2D eigenvalue weighted by molar-refractivity contribution is 0.0952. The molecule has 0 saturated carbocycles. The van der Waals surface area contributed by atoms with Crippen molar-refractivity contribution in [3.8, 4) is 5.75 Å². The van der Waals surface area contributed by atoms with Crippen molar-refractivity contribution >= 4 is 17.5 Å². The smallest absolute Gasteiger partial charge is 0.255 e. The summed E-state index contributed by atoms with van der Waals surface area (Å²) in [5.74, 6) is 0.0803. The number of amides is 2. The van der Waals surface area contributed by atoms with Gasteiger partial charge in [-0.15, -0.1) is 0 Å². The molecule has 0 aliphatic carbocycles. The Morgan fingerprint density at radius 2 is 1.61 bits per heavy atom. The Labute approximate surface area is 164 Å². The average molecular weight is 374 g/mol. The normalized spacial score (nSPS) is 10.2. The van der Waals surface area contributed by atoms with Gasteiger partial charge in [0, 0.05) is 12.1 Å². The third kappa shape index (κ3) is 4.98. The SMILES string of the molecule is CCOc1cccc(C(=O)Nc2ccccc2C(=O)NCc2ccccc2)c1. The first-order valence-corrected chi connectivity index (χ1v) is 9.12. The maximum atomic E-state index is 12.6. The number of hydrogen-bond acceptors (Lipinski definition) is 3. The average Bonchev–Trinajstić information content (AvgIpc) is 2.73. The predicted molar refractivity (Wildman–Crippen MR) is 110 cm³/mol. The monoisotopic (exact) mass is 374 g/mol. The summed E-state index contributed by atoms with van der Waals surface area (Å²) in [7, 11) is 0. The molecule has 0 unspecified atom stereocenters. The van der Waals surface area contributed by atoms with E-state index in [-0.39, 0.29) is 11.8 Å². The molecule has 0 aliphatic rings. The van der Waals surface area contributed by atoms with Gasteiger partial charge in [0.25, 0.3) is 11.8 Å². The van der Waals surface area contributed by atoms with Gasteiger partial charge in [-0.25, -0.2) is 0 Å². The zero-order chi connectivity index (χ0) is 19.8. The summed E-state index contributed by atoms with van der Waals surface area (Å²) in [5, 5.41) is 5.70. The van der Waals surface area contributed by atoms with Gasteiger partial charge >= 0.3 is 0 Å². The van der Waals surface area contributed by atoms with Crippen LogP contribution in [0.2, 0.25) is 0 Å². The van der Waals surface area contributed by atoms with E-state index < -0.39 is 0 Å². The second kappa shape index (κ2) is 9.37. The zero-order valence-corrected chi connectivity index (χ0v) is 15.6. The van der Waals surface area contributed by atoms with Crippen LogP contribution in [0.25, 0.3) is 0 Å². The van der Waals surface area contributed by atoms with Gasteiger partial charge in [-0.05, 0) is 42.8 Å². The summed E-state index contributed by atoms with van der Waals surface area (Å²) in [5.41, 5.74) is 2.34. The molecule has 0 radical (unpaired) electrons. The zero-order valence-electron chi connectivity index (χ0n) is 15.6. The third-order valence-electron chi connectivity index (χ3n) is 4.12. The fourth-order valence-corrected chi connectivity index (χ4v) is 2.75. The molecule has 5 nitrogen and oxygen atoms in total. The van der Waals surface area contributed by atoms with Crippen LogP contribution >= 0.6 is 0 Å². The van der Waals surface area contributed by atoms with Gasteiger partial charge in [-0.2, -0.15) is 0 Å². The van der Waals surface area contributed by atoms with Crippen molar-refractivity contribution in [1.82, 2.24) is 5.32 Å². The van der Waals surface area contributed by atoms with Gasteiger partial charge in [-0.3, -0.25) is 9.59 Å². The highest BCUT2D eigenvalue weighted by Crippen LogP contribution is 2.18. The van der Waals surface area contributed by atoms with E-state index in [2.05, 4.69) is 10.6 Å². The lowest BCUT2D eigenvalue weighted by Gasteiger charge is -2.12. The summed E-state index contributed by atoms with van der Waals surface area (Å²) < 4.78 is 5.44. The standard InChI is InChI=1S/C23H22N2O3/c1-2-28-19-12-8-11-18(15-19)22(26)25-21-14-7-6-13-20(21)23(27)24-16-17-9-4-3-5-10-17/h3-15H,2,16H2,1H3,(H,24,27)(H,25,26). The van der Waals surface area contributed by atoms with Crippen molar-refractivity contribution in [3.05, 3.63) is 95.6 Å². The summed E-state index contributed by atoms with van der Waals surface area (Å²) in [6, 6.07) is 23.5. The van der Waals surface area contributed by atoms with Crippen LogP contribution in [-0.4, -0.2) is 18.4 Å². The molecule has 3 rings (SSSR count).